The number of ether oxygens (including phenoxy) is 1. The van der Waals surface area contributed by atoms with Gasteiger partial charge in [-0.3, -0.25) is 4.79 Å². The van der Waals surface area contributed by atoms with Gasteiger partial charge in [-0.25, -0.2) is 9.18 Å². The van der Waals surface area contributed by atoms with Crippen LogP contribution in [0.2, 0.25) is 5.02 Å². The van der Waals surface area contributed by atoms with Crippen molar-refractivity contribution in [3.05, 3.63) is 34.6 Å². The Kier molecular flexibility index (Phi) is 5.07. The molecule has 0 unspecified atom stereocenters. The van der Waals surface area contributed by atoms with E-state index in [4.69, 9.17) is 16.3 Å². The van der Waals surface area contributed by atoms with E-state index in [1.165, 1.54) is 6.07 Å². The molecule has 5 nitrogen and oxygen atoms in total. The second-order valence-electron chi connectivity index (χ2n) is 7.37. The summed E-state index contributed by atoms with van der Waals surface area (Å²) in [5.74, 6) is 5.68. The number of nitrogens with zero attached hydrogens (tertiary/aromatic N) is 2. The third-order valence-corrected chi connectivity index (χ3v) is 5.61. The average molecular weight is 391 g/mol. The van der Waals surface area contributed by atoms with Crippen molar-refractivity contribution in [1.29, 1.82) is 0 Å². The number of hydrogen-bond donors (Lipinski definition) is 0. The van der Waals surface area contributed by atoms with Crippen molar-refractivity contribution in [3.63, 3.8) is 0 Å². The summed E-state index contributed by atoms with van der Waals surface area (Å²) in [6, 6.07) is 4.39. The number of benzene rings is 1. The maximum atomic E-state index is 13.7. The molecule has 0 spiro atoms. The maximum Gasteiger partial charge on any atom is 0.320 e. The first-order chi connectivity index (χ1) is 13.0. The van der Waals surface area contributed by atoms with Gasteiger partial charge in [0.15, 0.2) is 5.78 Å². The van der Waals surface area contributed by atoms with Crippen LogP contribution < -0.4 is 0 Å². The lowest BCUT2D eigenvalue weighted by atomic mass is 9.88. The van der Waals surface area contributed by atoms with Crippen LogP contribution in [0.3, 0.4) is 0 Å². The molecule has 0 saturated carbocycles. The fourth-order valence-corrected chi connectivity index (χ4v) is 4.01. The Morgan fingerprint density at radius 2 is 2.07 bits per heavy atom. The number of halogens is 2. The summed E-state index contributed by atoms with van der Waals surface area (Å²) in [4.78, 5) is 27.8. The first-order valence-corrected chi connectivity index (χ1v) is 9.51. The molecule has 3 heterocycles. The van der Waals surface area contributed by atoms with Gasteiger partial charge in [0.2, 0.25) is 0 Å². The second-order valence-corrected chi connectivity index (χ2v) is 7.80. The lowest BCUT2D eigenvalue weighted by Crippen LogP contribution is -2.58. The van der Waals surface area contributed by atoms with Crippen LogP contribution in [0.5, 0.6) is 0 Å². The van der Waals surface area contributed by atoms with Gasteiger partial charge in [-0.1, -0.05) is 23.4 Å². The molecule has 1 aromatic carbocycles. The minimum atomic E-state index is -0.436. The first-order valence-electron chi connectivity index (χ1n) is 9.13. The van der Waals surface area contributed by atoms with Gasteiger partial charge in [-0.05, 0) is 24.6 Å². The van der Waals surface area contributed by atoms with E-state index in [0.717, 1.165) is 6.42 Å². The second kappa shape index (κ2) is 7.49. The summed E-state index contributed by atoms with van der Waals surface area (Å²) in [6.07, 6.45) is 1.36. The van der Waals surface area contributed by atoms with Gasteiger partial charge in [-0.15, -0.1) is 0 Å². The third kappa shape index (κ3) is 3.95. The van der Waals surface area contributed by atoms with Crippen molar-refractivity contribution in [1.82, 2.24) is 9.80 Å². The number of piperidine rings is 1. The van der Waals surface area contributed by atoms with Crippen molar-refractivity contribution >= 4 is 23.4 Å². The molecule has 2 amide bonds. The Morgan fingerprint density at radius 1 is 1.26 bits per heavy atom. The fourth-order valence-electron chi connectivity index (χ4n) is 3.85. The number of carbonyl (C=O) groups excluding carboxylic acids is 2. The van der Waals surface area contributed by atoms with E-state index in [0.29, 0.717) is 43.2 Å². The van der Waals surface area contributed by atoms with Crippen molar-refractivity contribution in [2.45, 2.75) is 18.9 Å². The Balaban J connectivity index is 1.30. The molecule has 3 aliphatic rings. The number of carbonyl (C=O) groups is 2. The first kappa shape index (κ1) is 18.3. The Morgan fingerprint density at radius 3 is 2.85 bits per heavy atom. The molecule has 4 rings (SSSR count). The Labute approximate surface area is 162 Å². The highest BCUT2D eigenvalue weighted by atomic mass is 35.5. The topological polar surface area (TPSA) is 49.9 Å². The lowest BCUT2D eigenvalue weighted by Gasteiger charge is -2.45. The minimum absolute atomic E-state index is 0.0119. The quantitative estimate of drug-likeness (QED) is 0.640. The van der Waals surface area contributed by atoms with E-state index < -0.39 is 5.82 Å². The van der Waals surface area contributed by atoms with Crippen LogP contribution in [0, 0.1) is 29.5 Å². The molecule has 0 aromatic heterocycles. The van der Waals surface area contributed by atoms with Gasteiger partial charge < -0.3 is 14.5 Å². The SMILES string of the molecule is O=C1CO[C@H]2CCN(C(=O)N3CC(C#Cc4ccc(Cl)cc4F)C3)C[C@H]2C1. The summed E-state index contributed by atoms with van der Waals surface area (Å²) in [7, 11) is 0. The van der Waals surface area contributed by atoms with E-state index in [9.17, 15) is 14.0 Å². The van der Waals surface area contributed by atoms with E-state index >= 15 is 0 Å². The van der Waals surface area contributed by atoms with Crippen molar-refractivity contribution in [2.75, 3.05) is 32.8 Å². The molecule has 1 aromatic rings. The highest BCUT2D eigenvalue weighted by Gasteiger charge is 2.39. The molecule has 27 heavy (non-hydrogen) atoms. The van der Waals surface area contributed by atoms with Crippen LogP contribution in [-0.4, -0.2) is 60.5 Å². The van der Waals surface area contributed by atoms with Crippen LogP contribution >= 0.6 is 11.6 Å². The van der Waals surface area contributed by atoms with Crippen LogP contribution in [0.4, 0.5) is 9.18 Å². The number of urea groups is 1. The van der Waals surface area contributed by atoms with Gasteiger partial charge in [0, 0.05) is 43.5 Å². The smallest absolute Gasteiger partial charge is 0.320 e. The number of hydrogen-bond acceptors (Lipinski definition) is 3. The maximum absolute atomic E-state index is 13.7. The molecule has 142 valence electrons. The molecule has 3 fully saturated rings. The van der Waals surface area contributed by atoms with Gasteiger partial charge >= 0.3 is 6.03 Å². The number of amides is 2. The lowest BCUT2D eigenvalue weighted by molar-refractivity contribution is -0.140. The van der Waals surface area contributed by atoms with Gasteiger partial charge in [0.25, 0.3) is 0 Å². The number of ketones is 1. The van der Waals surface area contributed by atoms with Gasteiger partial charge in [-0.2, -0.15) is 0 Å². The Bertz CT molecular complexity index is 828. The molecule has 2 atom stereocenters. The number of fused-ring (bicyclic) bond motifs is 1. The van der Waals surface area contributed by atoms with E-state index in [2.05, 4.69) is 11.8 Å². The summed E-state index contributed by atoms with van der Waals surface area (Å²) in [5.41, 5.74) is 0.313. The van der Waals surface area contributed by atoms with Crippen LogP contribution in [0.25, 0.3) is 0 Å². The van der Waals surface area contributed by atoms with Crippen LogP contribution in [-0.2, 0) is 9.53 Å². The molecule has 0 N–H and O–H groups in total. The Hall–Kier alpha value is -2.10. The fraction of sp³-hybridized carbons (Fsp3) is 0.500. The number of Topliss-reactive ketones (excluding diaryl/α,β-unsaturated/α-hetero) is 1. The normalized spacial score (nSPS) is 25.3. The predicted molar refractivity (Wildman–Crippen MR) is 97.8 cm³/mol. The van der Waals surface area contributed by atoms with Crippen LogP contribution in [0.1, 0.15) is 18.4 Å². The monoisotopic (exact) mass is 390 g/mol. The third-order valence-electron chi connectivity index (χ3n) is 5.38. The van der Waals surface area contributed by atoms with Gasteiger partial charge in [0.05, 0.1) is 17.6 Å². The van der Waals surface area contributed by atoms with E-state index in [-0.39, 0.29) is 36.4 Å². The number of likely N-dealkylation sites (tertiary alicyclic amines) is 2. The highest BCUT2D eigenvalue weighted by molar-refractivity contribution is 6.30. The molecular formula is C20H20ClFN2O3. The molecule has 0 radical (unpaired) electrons. The van der Waals surface area contributed by atoms with Crippen molar-refractivity contribution < 1.29 is 18.7 Å². The van der Waals surface area contributed by atoms with E-state index in [1.807, 2.05) is 4.90 Å². The molecular weight excluding hydrogens is 371 g/mol. The summed E-state index contributed by atoms with van der Waals surface area (Å²) in [6.45, 7) is 2.51. The van der Waals surface area contributed by atoms with Crippen molar-refractivity contribution in [3.8, 4) is 11.8 Å². The predicted octanol–water partition coefficient (Wildman–Crippen LogP) is 2.56. The van der Waals surface area contributed by atoms with Crippen molar-refractivity contribution in [2.24, 2.45) is 11.8 Å². The highest BCUT2D eigenvalue weighted by Crippen LogP contribution is 2.28. The summed E-state index contributed by atoms with van der Waals surface area (Å²) < 4.78 is 19.3. The molecule has 3 aliphatic heterocycles. The van der Waals surface area contributed by atoms with Gasteiger partial charge in [0.1, 0.15) is 12.4 Å². The summed E-state index contributed by atoms with van der Waals surface area (Å²) in [5, 5.41) is 0.340. The minimum Gasteiger partial charge on any atom is -0.370 e. The van der Waals surface area contributed by atoms with Crippen LogP contribution in [0.15, 0.2) is 18.2 Å². The number of rotatable bonds is 0. The zero-order chi connectivity index (χ0) is 19.0. The molecule has 7 heteroatoms. The largest absolute Gasteiger partial charge is 0.370 e. The van der Waals surface area contributed by atoms with E-state index in [1.54, 1.807) is 17.0 Å². The standard InChI is InChI=1S/C20H20ClFN2O3/c21-16-4-3-14(18(22)8-16)2-1-13-9-24(10-13)20(26)23-6-5-19-15(11-23)7-17(25)12-27-19/h3-4,8,13,15,19H,5-7,9-12H2/t15-,19+/m1/s1. The zero-order valence-corrected chi connectivity index (χ0v) is 15.5. The average Bonchev–Trinajstić information content (AvgIpc) is 2.61. The summed E-state index contributed by atoms with van der Waals surface area (Å²) >= 11 is 5.73. The zero-order valence-electron chi connectivity index (χ0n) is 14.8. The molecule has 0 aliphatic carbocycles. The molecule has 3 saturated heterocycles. The molecule has 0 bridgehead atoms.